The van der Waals surface area contributed by atoms with Crippen LogP contribution in [0.25, 0.3) is 11.3 Å². The van der Waals surface area contributed by atoms with Gasteiger partial charge in [-0.05, 0) is 30.2 Å². The normalized spacial score (nSPS) is 10.8. The maximum Gasteiger partial charge on any atom is 0.115 e. The van der Waals surface area contributed by atoms with Crippen LogP contribution in [0.3, 0.4) is 0 Å². The van der Waals surface area contributed by atoms with E-state index >= 15 is 0 Å². The van der Waals surface area contributed by atoms with E-state index in [1.54, 1.807) is 0 Å². The van der Waals surface area contributed by atoms with Gasteiger partial charge in [0.1, 0.15) is 5.69 Å². The van der Waals surface area contributed by atoms with Gasteiger partial charge in [-0.15, -0.1) is 0 Å². The molecule has 1 heterocycles. The topological polar surface area (TPSA) is 43.8 Å². The summed E-state index contributed by atoms with van der Waals surface area (Å²) >= 11 is 5.90. The summed E-state index contributed by atoms with van der Waals surface area (Å²) in [7, 11) is 0. The zero-order valence-corrected chi connectivity index (χ0v) is 12.5. The summed E-state index contributed by atoms with van der Waals surface area (Å²) in [4.78, 5) is 0. The SMILES string of the molecule is Cc1ccccc1-c1nn(Cc2ccc(Cl)cc2)cc1N. The molecule has 2 N–H and O–H groups in total. The Kier molecular flexibility index (Phi) is 3.67. The number of hydrogen-bond acceptors (Lipinski definition) is 2. The highest BCUT2D eigenvalue weighted by atomic mass is 35.5. The maximum absolute atomic E-state index is 6.12. The Balaban J connectivity index is 1.91. The Labute approximate surface area is 129 Å². The number of anilines is 1. The number of nitrogens with zero attached hydrogens (tertiary/aromatic N) is 2. The Morgan fingerprint density at radius 1 is 1.10 bits per heavy atom. The highest BCUT2D eigenvalue weighted by molar-refractivity contribution is 6.30. The van der Waals surface area contributed by atoms with Crippen molar-refractivity contribution in [2.24, 2.45) is 0 Å². The van der Waals surface area contributed by atoms with Gasteiger partial charge in [0, 0.05) is 16.8 Å². The van der Waals surface area contributed by atoms with Gasteiger partial charge in [-0.3, -0.25) is 4.68 Å². The number of aromatic nitrogens is 2. The molecule has 0 amide bonds. The van der Waals surface area contributed by atoms with Crippen molar-refractivity contribution in [3.63, 3.8) is 0 Å². The van der Waals surface area contributed by atoms with Gasteiger partial charge >= 0.3 is 0 Å². The van der Waals surface area contributed by atoms with Gasteiger partial charge < -0.3 is 5.73 Å². The molecule has 0 aliphatic rings. The maximum atomic E-state index is 6.12. The summed E-state index contributed by atoms with van der Waals surface area (Å²) in [6.07, 6.45) is 1.87. The van der Waals surface area contributed by atoms with Gasteiger partial charge in [0.05, 0.1) is 12.2 Å². The van der Waals surface area contributed by atoms with E-state index in [1.165, 1.54) is 5.56 Å². The predicted molar refractivity (Wildman–Crippen MR) is 87.4 cm³/mol. The van der Waals surface area contributed by atoms with Crippen LogP contribution in [0.2, 0.25) is 5.02 Å². The number of rotatable bonds is 3. The second-order valence-electron chi connectivity index (χ2n) is 5.07. The van der Waals surface area contributed by atoms with Crippen LogP contribution in [0.5, 0.6) is 0 Å². The second kappa shape index (κ2) is 5.62. The van der Waals surface area contributed by atoms with E-state index in [1.807, 2.05) is 53.3 Å². The van der Waals surface area contributed by atoms with Crippen LogP contribution in [0.15, 0.2) is 54.7 Å². The molecule has 21 heavy (non-hydrogen) atoms. The second-order valence-corrected chi connectivity index (χ2v) is 5.51. The standard InChI is InChI=1S/C17H16ClN3/c1-12-4-2-3-5-15(12)17-16(19)11-21(20-17)10-13-6-8-14(18)9-7-13/h2-9,11H,10,19H2,1H3. The number of benzene rings is 2. The third-order valence-corrected chi connectivity index (χ3v) is 3.70. The number of nitrogen functional groups attached to an aromatic ring is 1. The molecule has 0 saturated carbocycles. The molecule has 0 spiro atoms. The van der Waals surface area contributed by atoms with E-state index in [-0.39, 0.29) is 0 Å². The van der Waals surface area contributed by atoms with Crippen molar-refractivity contribution in [2.75, 3.05) is 5.73 Å². The summed E-state index contributed by atoms with van der Waals surface area (Å²) in [5.41, 5.74) is 11.0. The zero-order chi connectivity index (χ0) is 14.8. The minimum absolute atomic E-state index is 0.674. The van der Waals surface area contributed by atoms with Crippen molar-refractivity contribution >= 4 is 17.3 Å². The van der Waals surface area contributed by atoms with Gasteiger partial charge in [0.15, 0.2) is 0 Å². The van der Waals surface area contributed by atoms with E-state index in [0.29, 0.717) is 12.2 Å². The summed E-state index contributed by atoms with van der Waals surface area (Å²) in [6.45, 7) is 2.74. The minimum atomic E-state index is 0.674. The smallest absolute Gasteiger partial charge is 0.115 e. The van der Waals surface area contributed by atoms with Gasteiger partial charge in [0.2, 0.25) is 0 Å². The monoisotopic (exact) mass is 297 g/mol. The molecule has 106 valence electrons. The first-order valence-electron chi connectivity index (χ1n) is 6.77. The fraction of sp³-hybridized carbons (Fsp3) is 0.118. The first kappa shape index (κ1) is 13.7. The molecule has 4 heteroatoms. The highest BCUT2D eigenvalue weighted by Gasteiger charge is 2.10. The van der Waals surface area contributed by atoms with E-state index in [2.05, 4.69) is 18.1 Å². The molecule has 0 unspecified atom stereocenters. The Morgan fingerprint density at radius 3 is 2.52 bits per heavy atom. The first-order chi connectivity index (χ1) is 10.1. The molecule has 2 aromatic carbocycles. The Morgan fingerprint density at radius 2 is 1.81 bits per heavy atom. The van der Waals surface area contributed by atoms with Crippen molar-refractivity contribution in [1.29, 1.82) is 0 Å². The summed E-state index contributed by atoms with van der Waals surface area (Å²) < 4.78 is 1.86. The molecule has 0 atom stereocenters. The summed E-state index contributed by atoms with van der Waals surface area (Å²) in [6, 6.07) is 15.9. The minimum Gasteiger partial charge on any atom is -0.396 e. The van der Waals surface area contributed by atoms with Crippen LogP contribution in [-0.2, 0) is 6.54 Å². The predicted octanol–water partition coefficient (Wildman–Crippen LogP) is 4.14. The van der Waals surface area contributed by atoms with Crippen molar-refractivity contribution in [3.05, 3.63) is 70.9 Å². The lowest BCUT2D eigenvalue weighted by molar-refractivity contribution is 0.689. The van der Waals surface area contributed by atoms with E-state index in [9.17, 15) is 0 Å². The third-order valence-electron chi connectivity index (χ3n) is 3.45. The van der Waals surface area contributed by atoms with Gasteiger partial charge in [0.25, 0.3) is 0 Å². The van der Waals surface area contributed by atoms with Gasteiger partial charge in [-0.2, -0.15) is 5.10 Å². The van der Waals surface area contributed by atoms with Crippen molar-refractivity contribution in [3.8, 4) is 11.3 Å². The first-order valence-corrected chi connectivity index (χ1v) is 7.14. The molecule has 3 aromatic rings. The van der Waals surface area contributed by atoms with Crippen LogP contribution in [-0.4, -0.2) is 9.78 Å². The van der Waals surface area contributed by atoms with Crippen LogP contribution in [0, 0.1) is 6.92 Å². The number of hydrogen-bond donors (Lipinski definition) is 1. The summed E-state index contributed by atoms with van der Waals surface area (Å²) in [5.74, 6) is 0. The molecular weight excluding hydrogens is 282 g/mol. The molecule has 0 fully saturated rings. The highest BCUT2D eigenvalue weighted by Crippen LogP contribution is 2.27. The molecular formula is C17H16ClN3. The van der Waals surface area contributed by atoms with Gasteiger partial charge in [-0.1, -0.05) is 48.0 Å². The van der Waals surface area contributed by atoms with Gasteiger partial charge in [-0.25, -0.2) is 0 Å². The number of aryl methyl sites for hydroxylation is 1. The molecule has 0 aliphatic carbocycles. The molecule has 3 nitrogen and oxygen atoms in total. The number of halogens is 1. The Bertz CT molecular complexity index is 760. The lowest BCUT2D eigenvalue weighted by atomic mass is 10.1. The van der Waals surface area contributed by atoms with Crippen LogP contribution in [0.1, 0.15) is 11.1 Å². The lowest BCUT2D eigenvalue weighted by Crippen LogP contribution is -2.00. The fourth-order valence-electron chi connectivity index (χ4n) is 2.34. The molecule has 0 bridgehead atoms. The van der Waals surface area contributed by atoms with Crippen molar-refractivity contribution in [1.82, 2.24) is 9.78 Å². The van der Waals surface area contributed by atoms with Crippen LogP contribution in [0.4, 0.5) is 5.69 Å². The summed E-state index contributed by atoms with van der Waals surface area (Å²) in [5, 5.41) is 5.35. The molecule has 3 rings (SSSR count). The molecule has 1 aromatic heterocycles. The van der Waals surface area contributed by atoms with E-state index < -0.39 is 0 Å². The zero-order valence-electron chi connectivity index (χ0n) is 11.8. The third kappa shape index (κ3) is 2.93. The lowest BCUT2D eigenvalue weighted by Gasteiger charge is -2.03. The largest absolute Gasteiger partial charge is 0.396 e. The van der Waals surface area contributed by atoms with Crippen molar-refractivity contribution in [2.45, 2.75) is 13.5 Å². The van der Waals surface area contributed by atoms with Crippen LogP contribution >= 0.6 is 11.6 Å². The quantitative estimate of drug-likeness (QED) is 0.789. The average molecular weight is 298 g/mol. The Hall–Kier alpha value is -2.26. The van der Waals surface area contributed by atoms with E-state index in [4.69, 9.17) is 17.3 Å². The molecule has 0 aliphatic heterocycles. The number of nitrogens with two attached hydrogens (primary N) is 1. The fourth-order valence-corrected chi connectivity index (χ4v) is 2.47. The average Bonchev–Trinajstić information content (AvgIpc) is 2.83. The molecule has 0 saturated heterocycles. The van der Waals surface area contributed by atoms with Crippen LogP contribution < -0.4 is 5.73 Å². The van der Waals surface area contributed by atoms with Crippen molar-refractivity contribution < 1.29 is 0 Å². The van der Waals surface area contributed by atoms with E-state index in [0.717, 1.165) is 21.8 Å². The molecule has 0 radical (unpaired) electrons.